The van der Waals surface area contributed by atoms with E-state index in [9.17, 15) is 14.9 Å². The van der Waals surface area contributed by atoms with E-state index in [4.69, 9.17) is 19.4 Å². The average molecular weight is 603 g/mol. The highest BCUT2D eigenvalue weighted by Crippen LogP contribution is 2.49. The number of hydrogen-bond acceptors (Lipinski definition) is 10. The van der Waals surface area contributed by atoms with Crippen LogP contribution in [0, 0.1) is 11.3 Å². The zero-order valence-electron chi connectivity index (χ0n) is 24.9. The van der Waals surface area contributed by atoms with Crippen LogP contribution in [0.4, 0.5) is 5.82 Å². The smallest absolute Gasteiger partial charge is 0.319 e. The van der Waals surface area contributed by atoms with E-state index in [1.807, 2.05) is 12.1 Å². The van der Waals surface area contributed by atoms with Gasteiger partial charge < -0.3 is 24.2 Å². The molecular weight excluding hydrogens is 564 g/mol. The number of carbonyl (C=O) groups is 2. The van der Waals surface area contributed by atoms with E-state index in [0.29, 0.717) is 57.0 Å². The minimum absolute atomic E-state index is 0.0100. The Morgan fingerprint density at radius 1 is 1.26 bits per heavy atom. The first-order chi connectivity index (χ1) is 20.9. The molecular formula is C32H38N6O4S. The van der Waals surface area contributed by atoms with Crippen LogP contribution in [-0.2, 0) is 23.4 Å². The number of hydrogen-bond donors (Lipinski definition) is 0. The van der Waals surface area contributed by atoms with Gasteiger partial charge in [-0.05, 0) is 69.0 Å². The summed E-state index contributed by atoms with van der Waals surface area (Å²) in [5.74, 6) is 2.06. The second kappa shape index (κ2) is 12.2. The fourth-order valence-electron chi connectivity index (χ4n) is 6.95. The predicted molar refractivity (Wildman–Crippen MR) is 165 cm³/mol. The van der Waals surface area contributed by atoms with Crippen molar-refractivity contribution >= 4 is 29.3 Å². The number of benzene rings is 1. The number of carbonyl (C=O) groups excluding carboxylic acids is 2. The number of ether oxygens (including phenoxy) is 2. The maximum Gasteiger partial charge on any atom is 0.319 e. The summed E-state index contributed by atoms with van der Waals surface area (Å²) in [6.07, 6.45) is 5.56. The van der Waals surface area contributed by atoms with Crippen LogP contribution in [0.3, 0.4) is 0 Å². The molecule has 3 atom stereocenters. The number of methoxy groups -OCH3 is 1. The lowest BCUT2D eigenvalue weighted by molar-refractivity contribution is -0.128. The van der Waals surface area contributed by atoms with Gasteiger partial charge >= 0.3 is 6.01 Å². The molecule has 1 aromatic carbocycles. The number of fused-ring (bicyclic) bond motifs is 2. The third-order valence-corrected chi connectivity index (χ3v) is 11.0. The number of aromatic nitrogens is 2. The van der Waals surface area contributed by atoms with Gasteiger partial charge in [0.2, 0.25) is 5.91 Å². The summed E-state index contributed by atoms with van der Waals surface area (Å²) in [6, 6.07) is 8.47. The van der Waals surface area contributed by atoms with Gasteiger partial charge in [0.25, 0.3) is 0 Å². The van der Waals surface area contributed by atoms with Crippen LogP contribution in [0.15, 0.2) is 30.9 Å². The van der Waals surface area contributed by atoms with Crippen LogP contribution < -0.4 is 14.4 Å². The van der Waals surface area contributed by atoms with Gasteiger partial charge in [0.05, 0.1) is 30.4 Å². The molecule has 1 amide bonds. The van der Waals surface area contributed by atoms with Crippen molar-refractivity contribution in [1.82, 2.24) is 19.8 Å². The second-order valence-electron chi connectivity index (χ2n) is 11.8. The minimum atomic E-state index is -0.637. The fourth-order valence-corrected chi connectivity index (χ4v) is 8.37. The lowest BCUT2D eigenvalue weighted by Crippen LogP contribution is -2.55. The van der Waals surface area contributed by atoms with Gasteiger partial charge in [0.15, 0.2) is 5.78 Å². The Hall–Kier alpha value is -3.62. The molecule has 43 heavy (non-hydrogen) atoms. The Morgan fingerprint density at radius 2 is 2.12 bits per heavy atom. The molecule has 4 aliphatic rings. The maximum absolute atomic E-state index is 14.5. The molecule has 2 fully saturated rings. The SMILES string of the molecule is C=CC(=O)N1CCN(c2nc(OCC3CCCN3C)nc3c2CC[C@]2(Cc4c(cccc4OC)CS2)C3=O)CC1CC#N. The fraction of sp³-hybridized carbons (Fsp3) is 0.531. The van der Waals surface area contributed by atoms with Crippen molar-refractivity contribution in [3.63, 3.8) is 0 Å². The van der Waals surface area contributed by atoms with Gasteiger partial charge in [-0.1, -0.05) is 18.7 Å². The number of nitriles is 1. The van der Waals surface area contributed by atoms with E-state index in [2.05, 4.69) is 35.6 Å². The first-order valence-corrected chi connectivity index (χ1v) is 16.0. The molecule has 11 heteroatoms. The van der Waals surface area contributed by atoms with Gasteiger partial charge in [-0.2, -0.15) is 15.2 Å². The van der Waals surface area contributed by atoms with E-state index in [-0.39, 0.29) is 36.2 Å². The van der Waals surface area contributed by atoms with Crippen molar-refractivity contribution in [3.05, 3.63) is 53.2 Å². The summed E-state index contributed by atoms with van der Waals surface area (Å²) < 4.78 is 11.3. The molecule has 1 aliphatic carbocycles. The predicted octanol–water partition coefficient (Wildman–Crippen LogP) is 3.43. The monoisotopic (exact) mass is 602 g/mol. The summed E-state index contributed by atoms with van der Waals surface area (Å²) in [7, 11) is 3.77. The highest BCUT2D eigenvalue weighted by atomic mass is 32.2. The van der Waals surface area contributed by atoms with E-state index in [0.717, 1.165) is 42.0 Å². The number of rotatable bonds is 7. The van der Waals surface area contributed by atoms with E-state index >= 15 is 0 Å². The molecule has 2 saturated heterocycles. The molecule has 0 saturated carbocycles. The normalized spacial score (nSPS) is 25.2. The quantitative estimate of drug-likeness (QED) is 0.437. The third kappa shape index (κ3) is 5.47. The topological polar surface area (TPSA) is 112 Å². The number of piperazine rings is 1. The molecule has 10 nitrogen and oxygen atoms in total. The second-order valence-corrected chi connectivity index (χ2v) is 13.2. The van der Waals surface area contributed by atoms with Gasteiger partial charge in [-0.3, -0.25) is 9.59 Å². The summed E-state index contributed by atoms with van der Waals surface area (Å²) in [6.45, 7) is 6.50. The standard InChI is InChI=1S/C32H38N6O4S/c1-4-27(39)38-16-15-37(18-22(38)11-13-33)30-24-10-12-32(17-25-21(20-43-32)7-5-9-26(25)41-3)29(40)28(24)34-31(35-30)42-19-23-8-6-14-36(23)2/h4-5,7,9,22-23H,1,6,8,10-12,14-20H2,2-3H3/t22?,23?,32-/m0/s1. The highest BCUT2D eigenvalue weighted by Gasteiger charge is 2.48. The lowest BCUT2D eigenvalue weighted by Gasteiger charge is -2.43. The van der Waals surface area contributed by atoms with E-state index < -0.39 is 4.75 Å². The van der Waals surface area contributed by atoms with Crippen LogP contribution >= 0.6 is 11.8 Å². The zero-order chi connectivity index (χ0) is 30.1. The van der Waals surface area contributed by atoms with E-state index in [1.165, 1.54) is 11.6 Å². The Morgan fingerprint density at radius 3 is 2.86 bits per heavy atom. The summed E-state index contributed by atoms with van der Waals surface area (Å²) in [5.41, 5.74) is 3.56. The molecule has 1 spiro atoms. The Balaban J connectivity index is 1.36. The van der Waals surface area contributed by atoms with Crippen molar-refractivity contribution in [1.29, 1.82) is 5.26 Å². The van der Waals surface area contributed by atoms with Crippen LogP contribution in [-0.4, -0.2) is 95.2 Å². The van der Waals surface area contributed by atoms with Crippen molar-refractivity contribution in [3.8, 4) is 17.8 Å². The number of amides is 1. The molecule has 2 unspecified atom stereocenters. The number of nitrogens with zero attached hydrogens (tertiary/aromatic N) is 6. The molecule has 4 heterocycles. The molecule has 1 aromatic heterocycles. The highest BCUT2D eigenvalue weighted by molar-refractivity contribution is 8.00. The largest absolute Gasteiger partial charge is 0.496 e. The summed E-state index contributed by atoms with van der Waals surface area (Å²) in [4.78, 5) is 42.8. The number of Topliss-reactive ketones (excluding diaryl/α,β-unsaturated/α-hetero) is 1. The first-order valence-electron chi connectivity index (χ1n) is 15.0. The maximum atomic E-state index is 14.5. The average Bonchev–Trinajstić information content (AvgIpc) is 3.45. The van der Waals surface area contributed by atoms with E-state index in [1.54, 1.807) is 23.8 Å². The van der Waals surface area contributed by atoms with Gasteiger partial charge in [0.1, 0.15) is 23.9 Å². The molecule has 2 aromatic rings. The minimum Gasteiger partial charge on any atom is -0.496 e. The number of thioether (sulfide) groups is 1. The van der Waals surface area contributed by atoms with Crippen LogP contribution in [0.1, 0.15) is 52.9 Å². The summed E-state index contributed by atoms with van der Waals surface area (Å²) in [5, 5.41) is 9.52. The zero-order valence-corrected chi connectivity index (χ0v) is 25.7. The third-order valence-electron chi connectivity index (χ3n) is 9.43. The molecule has 3 aliphatic heterocycles. The molecule has 0 radical (unpaired) electrons. The number of likely N-dealkylation sites (N-methyl/N-ethyl adjacent to an activating group) is 1. The van der Waals surface area contributed by atoms with Crippen molar-refractivity contribution in [2.45, 2.75) is 61.1 Å². The molecule has 0 N–H and O–H groups in total. The van der Waals surface area contributed by atoms with Crippen molar-refractivity contribution < 1.29 is 19.1 Å². The van der Waals surface area contributed by atoms with Crippen molar-refractivity contribution in [2.24, 2.45) is 0 Å². The number of ketones is 1. The Labute approximate surface area is 257 Å². The first kappa shape index (κ1) is 29.5. The van der Waals surface area contributed by atoms with Crippen LogP contribution in [0.25, 0.3) is 0 Å². The Bertz CT molecular complexity index is 1460. The summed E-state index contributed by atoms with van der Waals surface area (Å²) >= 11 is 1.70. The van der Waals surface area contributed by atoms with Crippen LogP contribution in [0.5, 0.6) is 11.8 Å². The molecule has 226 valence electrons. The van der Waals surface area contributed by atoms with Gasteiger partial charge in [-0.25, -0.2) is 0 Å². The van der Waals surface area contributed by atoms with Crippen molar-refractivity contribution in [2.75, 3.05) is 51.8 Å². The lowest BCUT2D eigenvalue weighted by atomic mass is 9.79. The Kier molecular flexibility index (Phi) is 8.34. The number of likely N-dealkylation sites (tertiary alicyclic amines) is 1. The molecule has 6 rings (SSSR count). The number of anilines is 1. The van der Waals surface area contributed by atoms with Gasteiger partial charge in [-0.15, -0.1) is 11.8 Å². The van der Waals surface area contributed by atoms with Gasteiger partial charge in [0, 0.05) is 37.0 Å². The molecule has 0 bridgehead atoms. The van der Waals surface area contributed by atoms with Crippen LogP contribution in [0.2, 0.25) is 0 Å².